The largest absolute Gasteiger partial charge is 0.264 e. The third kappa shape index (κ3) is 2.83. The van der Waals surface area contributed by atoms with Crippen LogP contribution in [0.25, 0.3) is 0 Å². The van der Waals surface area contributed by atoms with Crippen molar-refractivity contribution in [2.75, 3.05) is 0 Å². The molecular weight excluding hydrogens is 166 g/mol. The Labute approximate surface area is 79.0 Å². The van der Waals surface area contributed by atoms with Gasteiger partial charge in [-0.2, -0.15) is 0 Å². The molecule has 3 heteroatoms. The van der Waals surface area contributed by atoms with Crippen LogP contribution in [0.4, 0.5) is 0 Å². The molecule has 0 heterocycles. The minimum Gasteiger partial charge on any atom is -0.264 e. The third-order valence-corrected chi connectivity index (χ3v) is 2.67. The van der Waals surface area contributed by atoms with Crippen molar-refractivity contribution in [3.63, 3.8) is 0 Å². The lowest BCUT2D eigenvalue weighted by atomic mass is 9.84. The zero-order valence-electron chi connectivity index (χ0n) is 8.11. The molecule has 0 spiro atoms. The van der Waals surface area contributed by atoms with Crippen LogP contribution in [0.5, 0.6) is 0 Å². The smallest absolute Gasteiger partial charge is 0.219 e. The van der Waals surface area contributed by atoms with Crippen molar-refractivity contribution < 1.29 is 4.92 Å². The Bertz CT molecular complexity index is 201. The van der Waals surface area contributed by atoms with Gasteiger partial charge in [0, 0.05) is 17.3 Å². The molecule has 0 radical (unpaired) electrons. The van der Waals surface area contributed by atoms with E-state index in [1.807, 2.05) is 12.2 Å². The van der Waals surface area contributed by atoms with Crippen LogP contribution in [0.3, 0.4) is 0 Å². The summed E-state index contributed by atoms with van der Waals surface area (Å²) in [5.41, 5.74) is 0. The SMILES string of the molecule is CC/C=C/C1CCCCC1[N+](=O)[O-]. The molecule has 1 aliphatic carbocycles. The first kappa shape index (κ1) is 10.2. The van der Waals surface area contributed by atoms with Crippen LogP contribution >= 0.6 is 0 Å². The summed E-state index contributed by atoms with van der Waals surface area (Å²) in [7, 11) is 0. The van der Waals surface area contributed by atoms with Gasteiger partial charge in [-0.25, -0.2) is 0 Å². The second-order valence-electron chi connectivity index (χ2n) is 3.64. The van der Waals surface area contributed by atoms with Crippen molar-refractivity contribution in [1.82, 2.24) is 0 Å². The van der Waals surface area contributed by atoms with E-state index in [4.69, 9.17) is 0 Å². The molecule has 1 saturated carbocycles. The van der Waals surface area contributed by atoms with Crippen LogP contribution in [0.1, 0.15) is 39.0 Å². The molecule has 1 fully saturated rings. The van der Waals surface area contributed by atoms with E-state index in [0.717, 1.165) is 32.1 Å². The van der Waals surface area contributed by atoms with Gasteiger partial charge in [-0.05, 0) is 19.3 Å². The maximum Gasteiger partial charge on any atom is 0.219 e. The highest BCUT2D eigenvalue weighted by molar-refractivity contribution is 4.93. The molecule has 74 valence electrons. The van der Waals surface area contributed by atoms with Gasteiger partial charge in [0.15, 0.2) is 0 Å². The molecule has 0 aromatic heterocycles. The van der Waals surface area contributed by atoms with Crippen LogP contribution in [-0.2, 0) is 0 Å². The Morgan fingerprint density at radius 2 is 2.15 bits per heavy atom. The zero-order chi connectivity index (χ0) is 9.68. The Kier molecular flexibility index (Phi) is 3.93. The van der Waals surface area contributed by atoms with E-state index >= 15 is 0 Å². The van der Waals surface area contributed by atoms with E-state index in [0.29, 0.717) is 0 Å². The number of nitrogens with zero attached hydrogens (tertiary/aromatic N) is 1. The quantitative estimate of drug-likeness (QED) is 0.383. The third-order valence-electron chi connectivity index (χ3n) is 2.67. The van der Waals surface area contributed by atoms with Gasteiger partial charge in [-0.3, -0.25) is 10.1 Å². The molecule has 0 amide bonds. The predicted molar refractivity (Wildman–Crippen MR) is 52.2 cm³/mol. The molecule has 1 rings (SSSR count). The number of rotatable bonds is 3. The van der Waals surface area contributed by atoms with Crippen LogP contribution in [0.15, 0.2) is 12.2 Å². The molecule has 0 saturated heterocycles. The average molecular weight is 183 g/mol. The summed E-state index contributed by atoms with van der Waals surface area (Å²) in [6.45, 7) is 2.06. The fourth-order valence-electron chi connectivity index (χ4n) is 1.94. The molecule has 2 atom stereocenters. The lowest BCUT2D eigenvalue weighted by Crippen LogP contribution is -2.30. The van der Waals surface area contributed by atoms with Crippen LogP contribution in [0, 0.1) is 16.0 Å². The number of hydrogen-bond acceptors (Lipinski definition) is 2. The van der Waals surface area contributed by atoms with E-state index in [9.17, 15) is 10.1 Å². The summed E-state index contributed by atoms with van der Waals surface area (Å²) < 4.78 is 0. The molecule has 1 aliphatic rings. The van der Waals surface area contributed by atoms with E-state index in [-0.39, 0.29) is 16.9 Å². The first-order valence-electron chi connectivity index (χ1n) is 5.06. The van der Waals surface area contributed by atoms with Crippen LogP contribution in [-0.4, -0.2) is 11.0 Å². The standard InChI is InChI=1S/C10H17NO2/c1-2-3-6-9-7-4-5-8-10(9)11(12)13/h3,6,9-10H,2,4-5,7-8H2,1H3/b6-3+. The maximum atomic E-state index is 10.7. The van der Waals surface area contributed by atoms with E-state index in [1.165, 1.54) is 0 Å². The normalized spacial score (nSPS) is 29.3. The summed E-state index contributed by atoms with van der Waals surface area (Å²) in [5, 5.41) is 10.7. The summed E-state index contributed by atoms with van der Waals surface area (Å²) in [6.07, 6.45) is 8.96. The zero-order valence-corrected chi connectivity index (χ0v) is 8.11. The summed E-state index contributed by atoms with van der Waals surface area (Å²) >= 11 is 0. The van der Waals surface area contributed by atoms with Crippen molar-refractivity contribution in [2.45, 2.75) is 45.1 Å². The topological polar surface area (TPSA) is 43.1 Å². The van der Waals surface area contributed by atoms with Crippen molar-refractivity contribution in [3.05, 3.63) is 22.3 Å². The second-order valence-corrected chi connectivity index (χ2v) is 3.64. The Morgan fingerprint density at radius 1 is 1.46 bits per heavy atom. The Morgan fingerprint density at radius 3 is 2.77 bits per heavy atom. The lowest BCUT2D eigenvalue weighted by Gasteiger charge is -2.22. The number of hydrogen-bond donors (Lipinski definition) is 0. The Balaban J connectivity index is 2.56. The highest BCUT2D eigenvalue weighted by atomic mass is 16.6. The fraction of sp³-hybridized carbons (Fsp3) is 0.800. The van der Waals surface area contributed by atoms with Gasteiger partial charge in [0.1, 0.15) is 0 Å². The second kappa shape index (κ2) is 5.00. The average Bonchev–Trinajstić information content (AvgIpc) is 2.15. The molecule has 3 nitrogen and oxygen atoms in total. The van der Waals surface area contributed by atoms with Crippen molar-refractivity contribution in [1.29, 1.82) is 0 Å². The summed E-state index contributed by atoms with van der Waals surface area (Å²) in [6, 6.07) is -0.323. The molecule has 13 heavy (non-hydrogen) atoms. The maximum absolute atomic E-state index is 10.7. The molecule has 0 aliphatic heterocycles. The van der Waals surface area contributed by atoms with Crippen molar-refractivity contribution >= 4 is 0 Å². The number of allylic oxidation sites excluding steroid dienone is 1. The van der Waals surface area contributed by atoms with Gasteiger partial charge in [0.05, 0.1) is 0 Å². The van der Waals surface area contributed by atoms with Gasteiger partial charge in [0.2, 0.25) is 6.04 Å². The van der Waals surface area contributed by atoms with Gasteiger partial charge in [-0.1, -0.05) is 25.5 Å². The van der Waals surface area contributed by atoms with Crippen molar-refractivity contribution in [3.8, 4) is 0 Å². The van der Waals surface area contributed by atoms with Crippen molar-refractivity contribution in [2.24, 2.45) is 5.92 Å². The molecule has 0 aromatic rings. The van der Waals surface area contributed by atoms with E-state index in [1.54, 1.807) is 0 Å². The highest BCUT2D eigenvalue weighted by Crippen LogP contribution is 2.27. The van der Waals surface area contributed by atoms with Crippen LogP contribution < -0.4 is 0 Å². The predicted octanol–water partition coefficient (Wildman–Crippen LogP) is 2.79. The lowest BCUT2D eigenvalue weighted by molar-refractivity contribution is -0.533. The van der Waals surface area contributed by atoms with E-state index in [2.05, 4.69) is 6.92 Å². The minimum atomic E-state index is -0.323. The highest BCUT2D eigenvalue weighted by Gasteiger charge is 2.31. The van der Waals surface area contributed by atoms with Crippen LogP contribution in [0.2, 0.25) is 0 Å². The monoisotopic (exact) mass is 183 g/mol. The molecule has 0 N–H and O–H groups in total. The molecular formula is C10H17NO2. The number of nitro groups is 1. The molecule has 0 aromatic carbocycles. The van der Waals surface area contributed by atoms with Gasteiger partial charge < -0.3 is 0 Å². The molecule has 2 unspecified atom stereocenters. The summed E-state index contributed by atoms with van der Waals surface area (Å²) in [4.78, 5) is 10.6. The van der Waals surface area contributed by atoms with Gasteiger partial charge in [-0.15, -0.1) is 0 Å². The summed E-state index contributed by atoms with van der Waals surface area (Å²) in [5.74, 6) is 0.184. The Hall–Kier alpha value is -0.860. The first-order valence-corrected chi connectivity index (χ1v) is 5.06. The fourth-order valence-corrected chi connectivity index (χ4v) is 1.94. The van der Waals surface area contributed by atoms with Gasteiger partial charge >= 0.3 is 0 Å². The minimum absolute atomic E-state index is 0.107. The van der Waals surface area contributed by atoms with E-state index < -0.39 is 0 Å². The van der Waals surface area contributed by atoms with Gasteiger partial charge in [0.25, 0.3) is 0 Å². The molecule has 0 bridgehead atoms. The first-order chi connectivity index (χ1) is 6.25.